The van der Waals surface area contributed by atoms with E-state index < -0.39 is 0 Å². The predicted octanol–water partition coefficient (Wildman–Crippen LogP) is 1.26. The van der Waals surface area contributed by atoms with Gasteiger partial charge < -0.3 is 0 Å². The fourth-order valence-corrected chi connectivity index (χ4v) is 1.17. The highest BCUT2D eigenvalue weighted by Gasteiger charge is 1.87. The maximum absolute atomic E-state index is 3.77. The summed E-state index contributed by atoms with van der Waals surface area (Å²) >= 11 is 3.18. The number of nitrogens with zero attached hydrogens (tertiary/aromatic N) is 2. The number of thioether (sulfide) groups is 1. The molecule has 0 radical (unpaired) electrons. The van der Waals surface area contributed by atoms with Crippen LogP contribution in [0.4, 0.5) is 0 Å². The van der Waals surface area contributed by atoms with Gasteiger partial charge in [-0.05, 0) is 6.26 Å². The van der Waals surface area contributed by atoms with Crippen LogP contribution in [0.1, 0.15) is 0 Å². The van der Waals surface area contributed by atoms with Crippen molar-refractivity contribution in [1.82, 2.24) is 10.2 Å². The summed E-state index contributed by atoms with van der Waals surface area (Å²) < 4.78 is 1.03. The zero-order valence-electron chi connectivity index (χ0n) is 3.79. The molecule has 0 saturated carbocycles. The Morgan fingerprint density at radius 2 is 2.71 bits per heavy atom. The summed E-state index contributed by atoms with van der Waals surface area (Å²) in [5, 5.41) is 7.41. The second-order valence-electron chi connectivity index (χ2n) is 0.909. The standard InChI is InChI=1S/C3H4N2S2/c1-6-3-5-4-2-7-3/h2H,1H3. The summed E-state index contributed by atoms with van der Waals surface area (Å²) in [6.07, 6.45) is 1.99. The topological polar surface area (TPSA) is 25.8 Å². The summed E-state index contributed by atoms with van der Waals surface area (Å²) in [7, 11) is 0. The number of hydrogen-bond donors (Lipinski definition) is 0. The Bertz CT molecular complexity index is 125. The fourth-order valence-electron chi connectivity index (χ4n) is 0.252. The van der Waals surface area contributed by atoms with Gasteiger partial charge in [0, 0.05) is 0 Å². The van der Waals surface area contributed by atoms with E-state index in [1.165, 1.54) is 0 Å². The molecule has 7 heavy (non-hydrogen) atoms. The Morgan fingerprint density at radius 3 is 3.00 bits per heavy atom. The molecule has 0 saturated heterocycles. The monoisotopic (exact) mass is 132 g/mol. The van der Waals surface area contributed by atoms with Crippen LogP contribution in [-0.2, 0) is 0 Å². The smallest absolute Gasteiger partial charge is 0.146 e. The van der Waals surface area contributed by atoms with Crippen LogP contribution in [0.2, 0.25) is 0 Å². The Morgan fingerprint density at radius 1 is 1.86 bits per heavy atom. The molecule has 0 aromatic carbocycles. The van der Waals surface area contributed by atoms with Crippen molar-refractivity contribution in [1.29, 1.82) is 0 Å². The Labute approximate surface area is 50.0 Å². The molecule has 0 bridgehead atoms. The molecule has 0 N–H and O–H groups in total. The van der Waals surface area contributed by atoms with Crippen molar-refractivity contribution in [3.05, 3.63) is 5.51 Å². The van der Waals surface area contributed by atoms with Crippen LogP contribution in [0.5, 0.6) is 0 Å². The van der Waals surface area contributed by atoms with Crippen molar-refractivity contribution in [2.75, 3.05) is 6.26 Å². The maximum atomic E-state index is 3.77. The zero-order valence-corrected chi connectivity index (χ0v) is 5.42. The number of hydrogen-bond acceptors (Lipinski definition) is 4. The van der Waals surface area contributed by atoms with E-state index in [0.717, 1.165) is 4.34 Å². The Hall–Kier alpha value is -0.0900. The van der Waals surface area contributed by atoms with E-state index in [4.69, 9.17) is 0 Å². The summed E-state index contributed by atoms with van der Waals surface area (Å²) in [5.74, 6) is 0. The van der Waals surface area contributed by atoms with Crippen molar-refractivity contribution in [2.45, 2.75) is 4.34 Å². The highest BCUT2D eigenvalue weighted by molar-refractivity contribution is 8.00. The molecule has 38 valence electrons. The van der Waals surface area contributed by atoms with E-state index >= 15 is 0 Å². The molecule has 4 heteroatoms. The van der Waals surface area contributed by atoms with Crippen LogP contribution >= 0.6 is 23.1 Å². The lowest BCUT2D eigenvalue weighted by Crippen LogP contribution is -1.64. The van der Waals surface area contributed by atoms with Crippen LogP contribution in [0, 0.1) is 0 Å². The molecule has 0 amide bonds. The van der Waals surface area contributed by atoms with E-state index in [9.17, 15) is 0 Å². The third-order valence-electron chi connectivity index (χ3n) is 0.515. The molecule has 0 unspecified atom stereocenters. The van der Waals surface area contributed by atoms with E-state index in [-0.39, 0.29) is 0 Å². The van der Waals surface area contributed by atoms with Gasteiger partial charge in [0.25, 0.3) is 0 Å². The predicted molar refractivity (Wildman–Crippen MR) is 31.7 cm³/mol. The minimum absolute atomic E-state index is 1.03. The van der Waals surface area contributed by atoms with Gasteiger partial charge in [0.1, 0.15) is 5.51 Å². The van der Waals surface area contributed by atoms with E-state index in [1.54, 1.807) is 28.6 Å². The van der Waals surface area contributed by atoms with Gasteiger partial charge in [-0.2, -0.15) is 0 Å². The third-order valence-corrected chi connectivity index (χ3v) is 2.22. The second kappa shape index (κ2) is 2.28. The molecule has 1 aromatic rings. The van der Waals surface area contributed by atoms with Crippen molar-refractivity contribution in [3.8, 4) is 0 Å². The molecule has 2 nitrogen and oxygen atoms in total. The molecular formula is C3H4N2S2. The van der Waals surface area contributed by atoms with Crippen molar-refractivity contribution in [2.24, 2.45) is 0 Å². The van der Waals surface area contributed by atoms with Gasteiger partial charge in [0.15, 0.2) is 4.34 Å². The third kappa shape index (κ3) is 1.14. The zero-order chi connectivity index (χ0) is 5.11. The number of aromatic nitrogens is 2. The SMILES string of the molecule is CSc1nncs1. The largest absolute Gasteiger partial charge is 0.173 e. The minimum Gasteiger partial charge on any atom is -0.146 e. The highest BCUT2D eigenvalue weighted by Crippen LogP contribution is 2.13. The van der Waals surface area contributed by atoms with Gasteiger partial charge in [0.05, 0.1) is 0 Å². The van der Waals surface area contributed by atoms with Crippen LogP contribution in [-0.4, -0.2) is 16.5 Å². The molecule has 0 aliphatic heterocycles. The van der Waals surface area contributed by atoms with Crippen LogP contribution in [0.3, 0.4) is 0 Å². The van der Waals surface area contributed by atoms with Gasteiger partial charge in [-0.3, -0.25) is 0 Å². The minimum atomic E-state index is 1.03. The average molecular weight is 132 g/mol. The molecule has 1 rings (SSSR count). The normalized spacial score (nSPS) is 9.29. The van der Waals surface area contributed by atoms with Gasteiger partial charge in [-0.15, -0.1) is 10.2 Å². The molecule has 0 fully saturated rings. The van der Waals surface area contributed by atoms with Gasteiger partial charge in [0.2, 0.25) is 0 Å². The van der Waals surface area contributed by atoms with Crippen molar-refractivity contribution < 1.29 is 0 Å². The van der Waals surface area contributed by atoms with Gasteiger partial charge >= 0.3 is 0 Å². The van der Waals surface area contributed by atoms with Crippen LogP contribution in [0.25, 0.3) is 0 Å². The van der Waals surface area contributed by atoms with Crippen molar-refractivity contribution >= 4 is 23.1 Å². The molecule has 1 aromatic heterocycles. The first kappa shape index (κ1) is 5.05. The number of rotatable bonds is 1. The van der Waals surface area contributed by atoms with Gasteiger partial charge in [-0.25, -0.2) is 0 Å². The second-order valence-corrected chi connectivity index (χ2v) is 2.80. The lowest BCUT2D eigenvalue weighted by molar-refractivity contribution is 1.01. The first-order valence-corrected chi connectivity index (χ1v) is 3.84. The lowest BCUT2D eigenvalue weighted by atomic mass is 11.6. The average Bonchev–Trinajstić information content (AvgIpc) is 2.14. The summed E-state index contributed by atoms with van der Waals surface area (Å²) in [5.41, 5.74) is 1.73. The van der Waals surface area contributed by atoms with Gasteiger partial charge in [-0.1, -0.05) is 23.1 Å². The van der Waals surface area contributed by atoms with E-state index in [1.807, 2.05) is 6.26 Å². The summed E-state index contributed by atoms with van der Waals surface area (Å²) in [6, 6.07) is 0. The first-order valence-electron chi connectivity index (χ1n) is 1.73. The summed E-state index contributed by atoms with van der Waals surface area (Å²) in [4.78, 5) is 0. The molecule has 0 aliphatic rings. The Kier molecular flexibility index (Phi) is 1.64. The van der Waals surface area contributed by atoms with Crippen LogP contribution in [0.15, 0.2) is 9.85 Å². The summed E-state index contributed by atoms with van der Waals surface area (Å²) in [6.45, 7) is 0. The fraction of sp³-hybridized carbons (Fsp3) is 0.333. The first-order chi connectivity index (χ1) is 3.43. The molecule has 1 heterocycles. The van der Waals surface area contributed by atoms with Crippen LogP contribution < -0.4 is 0 Å². The molecule has 0 atom stereocenters. The quantitative estimate of drug-likeness (QED) is 0.538. The Balaban J connectivity index is 2.76. The highest BCUT2D eigenvalue weighted by atomic mass is 32.2. The van der Waals surface area contributed by atoms with Crippen molar-refractivity contribution in [3.63, 3.8) is 0 Å². The molecular weight excluding hydrogens is 128 g/mol. The lowest BCUT2D eigenvalue weighted by Gasteiger charge is -1.74. The molecule has 0 spiro atoms. The molecule has 0 aliphatic carbocycles. The van der Waals surface area contributed by atoms with E-state index in [2.05, 4.69) is 10.2 Å². The van der Waals surface area contributed by atoms with E-state index in [0.29, 0.717) is 0 Å². The maximum Gasteiger partial charge on any atom is 0.173 e.